The maximum atomic E-state index is 12.3. The minimum Gasteiger partial charge on any atom is -0.341 e. The maximum Gasteiger partial charge on any atom is 0.239 e. The first-order valence-electron chi connectivity index (χ1n) is 7.12. The van der Waals surface area contributed by atoms with E-state index in [1.54, 1.807) is 0 Å². The Bertz CT molecular complexity index is 273. The molecule has 1 N–H and O–H groups in total. The summed E-state index contributed by atoms with van der Waals surface area (Å²) in [4.78, 5) is 14.4. The van der Waals surface area contributed by atoms with Gasteiger partial charge in [-0.05, 0) is 37.5 Å². The predicted molar refractivity (Wildman–Crippen MR) is 69.8 cm³/mol. The van der Waals surface area contributed by atoms with Gasteiger partial charge < -0.3 is 10.2 Å². The number of carbonyl (C=O) groups is 1. The molecule has 0 bridgehead atoms. The molecular weight excluding hydrogens is 212 g/mol. The van der Waals surface area contributed by atoms with Gasteiger partial charge in [-0.1, -0.05) is 20.8 Å². The molecule has 3 nitrogen and oxygen atoms in total. The van der Waals surface area contributed by atoms with E-state index in [0.717, 1.165) is 31.8 Å². The van der Waals surface area contributed by atoms with Crippen molar-refractivity contribution in [2.45, 2.75) is 58.5 Å². The van der Waals surface area contributed by atoms with Crippen molar-refractivity contribution in [3.63, 3.8) is 0 Å². The van der Waals surface area contributed by atoms with E-state index in [2.05, 4.69) is 31.0 Å². The third kappa shape index (κ3) is 3.44. The summed E-state index contributed by atoms with van der Waals surface area (Å²) in [6.07, 6.45) is 4.90. The molecule has 2 atom stereocenters. The normalized spacial score (nSPS) is 27.6. The van der Waals surface area contributed by atoms with E-state index in [9.17, 15) is 4.79 Å². The van der Waals surface area contributed by atoms with E-state index in [0.29, 0.717) is 17.9 Å². The molecule has 1 saturated carbocycles. The molecule has 1 heterocycles. The summed E-state index contributed by atoms with van der Waals surface area (Å²) in [6.45, 7) is 8.45. The second-order valence-corrected chi connectivity index (χ2v) is 6.12. The Kier molecular flexibility index (Phi) is 4.08. The third-order valence-electron chi connectivity index (χ3n) is 4.00. The van der Waals surface area contributed by atoms with Crippen LogP contribution in [0, 0.1) is 11.8 Å². The van der Waals surface area contributed by atoms with Crippen molar-refractivity contribution in [3.05, 3.63) is 0 Å². The van der Waals surface area contributed by atoms with Gasteiger partial charge >= 0.3 is 0 Å². The first-order valence-corrected chi connectivity index (χ1v) is 7.12. The average molecular weight is 238 g/mol. The molecule has 2 fully saturated rings. The van der Waals surface area contributed by atoms with Crippen LogP contribution in [-0.4, -0.2) is 36.0 Å². The van der Waals surface area contributed by atoms with Crippen LogP contribution >= 0.6 is 0 Å². The topological polar surface area (TPSA) is 32.3 Å². The van der Waals surface area contributed by atoms with Crippen molar-refractivity contribution >= 4 is 5.91 Å². The van der Waals surface area contributed by atoms with Crippen molar-refractivity contribution in [2.24, 2.45) is 11.8 Å². The summed E-state index contributed by atoms with van der Waals surface area (Å²) >= 11 is 0. The van der Waals surface area contributed by atoms with E-state index in [4.69, 9.17) is 0 Å². The first kappa shape index (κ1) is 12.9. The molecule has 17 heavy (non-hydrogen) atoms. The van der Waals surface area contributed by atoms with Crippen molar-refractivity contribution in [1.82, 2.24) is 10.2 Å². The summed E-state index contributed by atoms with van der Waals surface area (Å²) in [7, 11) is 0. The number of piperidine rings is 1. The van der Waals surface area contributed by atoms with Gasteiger partial charge in [0.05, 0.1) is 6.04 Å². The number of hydrogen-bond acceptors (Lipinski definition) is 2. The Hall–Kier alpha value is -0.570. The minimum absolute atomic E-state index is 0.0650. The summed E-state index contributed by atoms with van der Waals surface area (Å²) in [5.74, 6) is 1.91. The highest BCUT2D eigenvalue weighted by Gasteiger charge is 2.33. The lowest BCUT2D eigenvalue weighted by Gasteiger charge is -2.35. The lowest BCUT2D eigenvalue weighted by molar-refractivity contribution is -0.136. The van der Waals surface area contributed by atoms with E-state index >= 15 is 0 Å². The second kappa shape index (κ2) is 5.38. The van der Waals surface area contributed by atoms with Crippen LogP contribution in [0.5, 0.6) is 0 Å². The first-order chi connectivity index (χ1) is 8.08. The van der Waals surface area contributed by atoms with Crippen molar-refractivity contribution < 1.29 is 4.79 Å². The van der Waals surface area contributed by atoms with Crippen molar-refractivity contribution in [2.75, 3.05) is 13.1 Å². The van der Waals surface area contributed by atoms with E-state index in [1.807, 2.05) is 0 Å². The van der Waals surface area contributed by atoms with Crippen LogP contribution in [0.25, 0.3) is 0 Å². The quantitative estimate of drug-likeness (QED) is 0.795. The SMILES string of the molecule is CC(C)NC1CCCN(CC(C)C2CC2)C1=O. The molecule has 2 aliphatic rings. The fourth-order valence-electron chi connectivity index (χ4n) is 2.84. The zero-order chi connectivity index (χ0) is 12.4. The van der Waals surface area contributed by atoms with Gasteiger partial charge in [-0.15, -0.1) is 0 Å². The van der Waals surface area contributed by atoms with Crippen LogP contribution in [0.4, 0.5) is 0 Å². The molecule has 0 radical (unpaired) electrons. The highest BCUT2D eigenvalue weighted by molar-refractivity contribution is 5.82. The van der Waals surface area contributed by atoms with Gasteiger partial charge in [0.2, 0.25) is 5.91 Å². The lowest BCUT2D eigenvalue weighted by Crippen LogP contribution is -2.53. The van der Waals surface area contributed by atoms with Gasteiger partial charge in [0.15, 0.2) is 0 Å². The molecular formula is C14H26N2O. The lowest BCUT2D eigenvalue weighted by atomic mass is 10.00. The monoisotopic (exact) mass is 238 g/mol. The van der Waals surface area contributed by atoms with Gasteiger partial charge in [-0.25, -0.2) is 0 Å². The number of carbonyl (C=O) groups excluding carboxylic acids is 1. The molecule has 98 valence electrons. The molecule has 3 heteroatoms. The Labute approximate surface area is 105 Å². The Morgan fingerprint density at radius 3 is 2.59 bits per heavy atom. The molecule has 1 aliphatic carbocycles. The Balaban J connectivity index is 1.86. The summed E-state index contributed by atoms with van der Waals surface area (Å²) in [6, 6.07) is 0.458. The predicted octanol–water partition coefficient (Wildman–Crippen LogP) is 2.02. The molecule has 1 saturated heterocycles. The van der Waals surface area contributed by atoms with E-state index in [1.165, 1.54) is 12.8 Å². The van der Waals surface area contributed by atoms with Gasteiger partial charge in [0, 0.05) is 19.1 Å². The molecule has 0 aromatic heterocycles. The van der Waals surface area contributed by atoms with Gasteiger partial charge in [0.25, 0.3) is 0 Å². The van der Waals surface area contributed by atoms with Crippen LogP contribution in [0.2, 0.25) is 0 Å². The number of nitrogens with one attached hydrogen (secondary N) is 1. The molecule has 0 aromatic carbocycles. The standard InChI is InChI=1S/C14H26N2O/c1-10(2)15-13-5-4-8-16(14(13)17)9-11(3)12-6-7-12/h10-13,15H,4-9H2,1-3H3. The number of hydrogen-bond donors (Lipinski definition) is 1. The van der Waals surface area contributed by atoms with Gasteiger partial charge in [0.1, 0.15) is 0 Å². The van der Waals surface area contributed by atoms with Crippen LogP contribution < -0.4 is 5.32 Å². The van der Waals surface area contributed by atoms with E-state index < -0.39 is 0 Å². The fourth-order valence-corrected chi connectivity index (χ4v) is 2.84. The highest BCUT2D eigenvalue weighted by atomic mass is 16.2. The largest absolute Gasteiger partial charge is 0.341 e. The van der Waals surface area contributed by atoms with Crippen molar-refractivity contribution in [3.8, 4) is 0 Å². The van der Waals surface area contributed by atoms with Crippen molar-refractivity contribution in [1.29, 1.82) is 0 Å². The summed E-state index contributed by atoms with van der Waals surface area (Å²) in [5, 5.41) is 3.39. The number of nitrogens with zero attached hydrogens (tertiary/aromatic N) is 1. The average Bonchev–Trinajstić information content (AvgIpc) is 3.06. The zero-order valence-corrected chi connectivity index (χ0v) is 11.4. The molecule has 0 spiro atoms. The van der Waals surface area contributed by atoms with Gasteiger partial charge in [-0.2, -0.15) is 0 Å². The molecule has 2 unspecified atom stereocenters. The highest BCUT2D eigenvalue weighted by Crippen LogP contribution is 2.37. The smallest absolute Gasteiger partial charge is 0.239 e. The number of likely N-dealkylation sites (tertiary alicyclic amines) is 1. The van der Waals surface area contributed by atoms with Crippen LogP contribution in [-0.2, 0) is 4.79 Å². The summed E-state index contributed by atoms with van der Waals surface area (Å²) in [5.41, 5.74) is 0. The maximum absolute atomic E-state index is 12.3. The van der Waals surface area contributed by atoms with E-state index in [-0.39, 0.29) is 6.04 Å². The van der Waals surface area contributed by atoms with Crippen LogP contribution in [0.1, 0.15) is 46.5 Å². The third-order valence-corrected chi connectivity index (χ3v) is 4.00. The molecule has 0 aromatic rings. The number of rotatable bonds is 5. The Morgan fingerprint density at radius 2 is 2.00 bits per heavy atom. The summed E-state index contributed by atoms with van der Waals surface area (Å²) < 4.78 is 0. The van der Waals surface area contributed by atoms with Crippen LogP contribution in [0.3, 0.4) is 0 Å². The molecule has 2 rings (SSSR count). The second-order valence-electron chi connectivity index (χ2n) is 6.12. The minimum atomic E-state index is 0.0650. The zero-order valence-electron chi connectivity index (χ0n) is 11.4. The van der Waals surface area contributed by atoms with Gasteiger partial charge in [-0.3, -0.25) is 4.79 Å². The Morgan fingerprint density at radius 1 is 1.29 bits per heavy atom. The number of amides is 1. The van der Waals surface area contributed by atoms with Crippen LogP contribution in [0.15, 0.2) is 0 Å². The molecule has 1 aliphatic heterocycles. The molecule has 1 amide bonds. The fraction of sp³-hybridized carbons (Fsp3) is 0.929.